The van der Waals surface area contributed by atoms with Crippen molar-refractivity contribution in [1.29, 1.82) is 0 Å². The van der Waals surface area contributed by atoms with Gasteiger partial charge in [-0.25, -0.2) is 0 Å². The SMILES string of the molecule is COc1ccc(C)cc1NC(=O)CC(C)C1CCNCC1.Cl. The average molecular weight is 327 g/mol. The molecule has 1 atom stereocenters. The lowest BCUT2D eigenvalue weighted by molar-refractivity contribution is -0.117. The summed E-state index contributed by atoms with van der Waals surface area (Å²) in [5, 5.41) is 6.36. The van der Waals surface area contributed by atoms with Crippen molar-refractivity contribution in [3.63, 3.8) is 0 Å². The zero-order chi connectivity index (χ0) is 15.2. The summed E-state index contributed by atoms with van der Waals surface area (Å²) in [6.45, 7) is 6.33. The van der Waals surface area contributed by atoms with E-state index in [9.17, 15) is 4.79 Å². The minimum absolute atomic E-state index is 0. The lowest BCUT2D eigenvalue weighted by atomic mass is 9.84. The smallest absolute Gasteiger partial charge is 0.224 e. The van der Waals surface area contributed by atoms with Gasteiger partial charge in [-0.15, -0.1) is 12.4 Å². The number of piperidine rings is 1. The van der Waals surface area contributed by atoms with Gasteiger partial charge in [0.25, 0.3) is 0 Å². The third kappa shape index (κ3) is 5.18. The first-order valence-electron chi connectivity index (χ1n) is 7.75. The Balaban J connectivity index is 0.00000242. The van der Waals surface area contributed by atoms with E-state index in [0.29, 0.717) is 24.0 Å². The van der Waals surface area contributed by atoms with Crippen LogP contribution in [-0.2, 0) is 4.79 Å². The van der Waals surface area contributed by atoms with Crippen LogP contribution in [0.4, 0.5) is 5.69 Å². The fraction of sp³-hybridized carbons (Fsp3) is 0.588. The molecule has 1 amide bonds. The van der Waals surface area contributed by atoms with E-state index in [1.54, 1.807) is 7.11 Å². The van der Waals surface area contributed by atoms with Gasteiger partial charge >= 0.3 is 0 Å². The Hall–Kier alpha value is -1.26. The third-order valence-electron chi connectivity index (χ3n) is 4.32. The molecular weight excluding hydrogens is 300 g/mol. The van der Waals surface area contributed by atoms with Crippen molar-refractivity contribution in [2.75, 3.05) is 25.5 Å². The molecule has 2 rings (SSSR count). The number of aryl methyl sites for hydroxylation is 1. The highest BCUT2D eigenvalue weighted by molar-refractivity contribution is 5.92. The topological polar surface area (TPSA) is 50.4 Å². The summed E-state index contributed by atoms with van der Waals surface area (Å²) >= 11 is 0. The van der Waals surface area contributed by atoms with Crippen molar-refractivity contribution in [3.05, 3.63) is 23.8 Å². The Morgan fingerprint density at radius 2 is 2.09 bits per heavy atom. The van der Waals surface area contributed by atoms with Crippen LogP contribution in [0.15, 0.2) is 18.2 Å². The molecule has 0 saturated carbocycles. The number of carbonyl (C=O) groups is 1. The fourth-order valence-corrected chi connectivity index (χ4v) is 2.99. The maximum absolute atomic E-state index is 12.3. The normalized spacial score (nSPS) is 16.5. The van der Waals surface area contributed by atoms with Crippen LogP contribution < -0.4 is 15.4 Å². The van der Waals surface area contributed by atoms with Crippen LogP contribution in [0.25, 0.3) is 0 Å². The fourth-order valence-electron chi connectivity index (χ4n) is 2.99. The molecule has 1 aromatic rings. The molecule has 1 heterocycles. The maximum atomic E-state index is 12.3. The number of ether oxygens (including phenoxy) is 1. The number of nitrogens with one attached hydrogen (secondary N) is 2. The van der Waals surface area contributed by atoms with E-state index in [1.165, 1.54) is 12.8 Å². The van der Waals surface area contributed by atoms with Crippen LogP contribution in [0, 0.1) is 18.8 Å². The summed E-state index contributed by atoms with van der Waals surface area (Å²) in [4.78, 5) is 12.3. The summed E-state index contributed by atoms with van der Waals surface area (Å²) in [6.07, 6.45) is 2.91. The minimum Gasteiger partial charge on any atom is -0.495 e. The van der Waals surface area contributed by atoms with Crippen molar-refractivity contribution < 1.29 is 9.53 Å². The number of hydrogen-bond acceptors (Lipinski definition) is 3. The summed E-state index contributed by atoms with van der Waals surface area (Å²) in [5.74, 6) is 1.85. The van der Waals surface area contributed by atoms with Gasteiger partial charge in [0.05, 0.1) is 12.8 Å². The van der Waals surface area contributed by atoms with Gasteiger partial charge in [-0.2, -0.15) is 0 Å². The van der Waals surface area contributed by atoms with Crippen LogP contribution >= 0.6 is 12.4 Å². The number of hydrogen-bond donors (Lipinski definition) is 2. The number of amides is 1. The summed E-state index contributed by atoms with van der Waals surface area (Å²) in [5.41, 5.74) is 1.87. The molecule has 22 heavy (non-hydrogen) atoms. The largest absolute Gasteiger partial charge is 0.495 e. The van der Waals surface area contributed by atoms with E-state index in [2.05, 4.69) is 17.6 Å². The number of anilines is 1. The monoisotopic (exact) mass is 326 g/mol. The summed E-state index contributed by atoms with van der Waals surface area (Å²) < 4.78 is 5.30. The van der Waals surface area contributed by atoms with E-state index in [-0.39, 0.29) is 18.3 Å². The zero-order valence-electron chi connectivity index (χ0n) is 13.6. The second kappa shape index (κ2) is 9.01. The van der Waals surface area contributed by atoms with Gasteiger partial charge in [0.1, 0.15) is 5.75 Å². The van der Waals surface area contributed by atoms with Crippen LogP contribution in [0.3, 0.4) is 0 Å². The quantitative estimate of drug-likeness (QED) is 0.872. The van der Waals surface area contributed by atoms with Gasteiger partial charge in [-0.3, -0.25) is 4.79 Å². The summed E-state index contributed by atoms with van der Waals surface area (Å²) in [6, 6.07) is 5.82. The molecular formula is C17H27ClN2O2. The molecule has 1 aliphatic rings. The van der Waals surface area contributed by atoms with E-state index in [4.69, 9.17) is 4.74 Å². The van der Waals surface area contributed by atoms with Gasteiger partial charge < -0.3 is 15.4 Å². The lowest BCUT2D eigenvalue weighted by Gasteiger charge is -2.28. The molecule has 0 aliphatic carbocycles. The standard InChI is InChI=1S/C17H26N2O2.ClH/c1-12-4-5-16(21-3)15(10-12)19-17(20)11-13(2)14-6-8-18-9-7-14;/h4-5,10,13-14,18H,6-9,11H2,1-3H3,(H,19,20);1H. The van der Waals surface area contributed by atoms with Crippen LogP contribution in [0.5, 0.6) is 5.75 Å². The average Bonchev–Trinajstić information content (AvgIpc) is 2.48. The predicted octanol–water partition coefficient (Wildman–Crippen LogP) is 3.39. The van der Waals surface area contributed by atoms with Gasteiger partial charge in [0.2, 0.25) is 5.91 Å². The van der Waals surface area contributed by atoms with Gasteiger partial charge in [0.15, 0.2) is 0 Å². The van der Waals surface area contributed by atoms with E-state index in [1.807, 2.05) is 25.1 Å². The van der Waals surface area contributed by atoms with Crippen molar-refractivity contribution in [1.82, 2.24) is 5.32 Å². The highest BCUT2D eigenvalue weighted by Crippen LogP contribution is 2.27. The number of carbonyl (C=O) groups excluding carboxylic acids is 1. The molecule has 1 aromatic carbocycles. The molecule has 0 radical (unpaired) electrons. The van der Waals surface area contributed by atoms with Crippen molar-refractivity contribution in [3.8, 4) is 5.75 Å². The van der Waals surface area contributed by atoms with Crippen molar-refractivity contribution >= 4 is 24.0 Å². The Bertz CT molecular complexity index is 488. The van der Waals surface area contributed by atoms with Crippen LogP contribution in [0.1, 0.15) is 31.7 Å². The molecule has 0 spiro atoms. The molecule has 0 aromatic heterocycles. The third-order valence-corrected chi connectivity index (χ3v) is 4.32. The first kappa shape index (κ1) is 18.8. The zero-order valence-corrected chi connectivity index (χ0v) is 14.5. The molecule has 1 aliphatic heterocycles. The van der Waals surface area contributed by atoms with E-state index >= 15 is 0 Å². The molecule has 1 fully saturated rings. The first-order valence-corrected chi connectivity index (χ1v) is 7.75. The molecule has 5 heteroatoms. The number of halogens is 1. The Labute approximate surface area is 139 Å². The lowest BCUT2D eigenvalue weighted by Crippen LogP contribution is -2.32. The highest BCUT2D eigenvalue weighted by atomic mass is 35.5. The second-order valence-corrected chi connectivity index (χ2v) is 6.02. The van der Waals surface area contributed by atoms with E-state index < -0.39 is 0 Å². The van der Waals surface area contributed by atoms with Crippen LogP contribution in [0.2, 0.25) is 0 Å². The molecule has 1 unspecified atom stereocenters. The summed E-state index contributed by atoms with van der Waals surface area (Å²) in [7, 11) is 1.62. The number of rotatable bonds is 5. The number of benzene rings is 1. The van der Waals surface area contributed by atoms with Crippen LogP contribution in [-0.4, -0.2) is 26.1 Å². The Morgan fingerprint density at radius 3 is 2.73 bits per heavy atom. The van der Waals surface area contributed by atoms with Gasteiger partial charge in [-0.1, -0.05) is 13.0 Å². The van der Waals surface area contributed by atoms with Gasteiger partial charge in [0, 0.05) is 6.42 Å². The maximum Gasteiger partial charge on any atom is 0.224 e. The Morgan fingerprint density at radius 1 is 1.41 bits per heavy atom. The molecule has 2 N–H and O–H groups in total. The molecule has 4 nitrogen and oxygen atoms in total. The number of methoxy groups -OCH3 is 1. The Kier molecular flexibility index (Phi) is 7.69. The molecule has 0 bridgehead atoms. The van der Waals surface area contributed by atoms with Gasteiger partial charge in [-0.05, 0) is 62.4 Å². The predicted molar refractivity (Wildman–Crippen MR) is 93.0 cm³/mol. The first-order chi connectivity index (χ1) is 10.1. The van der Waals surface area contributed by atoms with Crippen molar-refractivity contribution in [2.45, 2.75) is 33.1 Å². The second-order valence-electron chi connectivity index (χ2n) is 6.02. The molecule has 1 saturated heterocycles. The van der Waals surface area contributed by atoms with Crippen molar-refractivity contribution in [2.24, 2.45) is 11.8 Å². The van der Waals surface area contributed by atoms with E-state index in [0.717, 1.165) is 24.3 Å². The molecule has 124 valence electrons. The minimum atomic E-state index is 0. The highest BCUT2D eigenvalue weighted by Gasteiger charge is 2.22.